The standard InChI is InChI=1S/C10H11BN4O2S/c12-9-6-18-10(14-9)15-13-5-7-3-1-2-4-8(7)11(16)17/h1-6,16-17H,12H2,(H,14,15). The quantitative estimate of drug-likeness (QED) is 0.348. The molecule has 0 atom stereocenters. The summed E-state index contributed by atoms with van der Waals surface area (Å²) in [4.78, 5) is 3.97. The summed E-state index contributed by atoms with van der Waals surface area (Å²) >= 11 is 1.34. The van der Waals surface area contributed by atoms with E-state index < -0.39 is 7.12 Å². The van der Waals surface area contributed by atoms with Crippen LogP contribution >= 0.6 is 11.3 Å². The van der Waals surface area contributed by atoms with E-state index in [0.717, 1.165) is 0 Å². The molecule has 0 aliphatic carbocycles. The zero-order chi connectivity index (χ0) is 13.0. The van der Waals surface area contributed by atoms with Gasteiger partial charge in [-0.05, 0) is 11.0 Å². The zero-order valence-corrected chi connectivity index (χ0v) is 10.1. The number of hydrogen-bond acceptors (Lipinski definition) is 7. The van der Waals surface area contributed by atoms with E-state index in [0.29, 0.717) is 22.0 Å². The molecule has 0 aliphatic heterocycles. The lowest BCUT2D eigenvalue weighted by molar-refractivity contribution is 0.425. The van der Waals surface area contributed by atoms with Crippen LogP contribution in [0.25, 0.3) is 0 Å². The second-order valence-electron chi connectivity index (χ2n) is 3.45. The van der Waals surface area contributed by atoms with E-state index in [1.165, 1.54) is 17.6 Å². The molecule has 1 aromatic heterocycles. The molecule has 18 heavy (non-hydrogen) atoms. The largest absolute Gasteiger partial charge is 0.489 e. The molecule has 0 radical (unpaired) electrons. The molecule has 1 aromatic carbocycles. The van der Waals surface area contributed by atoms with Crippen LogP contribution in [0.4, 0.5) is 10.9 Å². The van der Waals surface area contributed by atoms with Gasteiger partial charge in [0.05, 0.1) is 6.21 Å². The Morgan fingerprint density at radius 2 is 2.17 bits per heavy atom. The van der Waals surface area contributed by atoms with E-state index in [-0.39, 0.29) is 0 Å². The van der Waals surface area contributed by atoms with Gasteiger partial charge >= 0.3 is 7.12 Å². The summed E-state index contributed by atoms with van der Waals surface area (Å²) in [5, 5.41) is 24.6. The van der Waals surface area contributed by atoms with Crippen molar-refractivity contribution < 1.29 is 10.0 Å². The van der Waals surface area contributed by atoms with E-state index in [2.05, 4.69) is 15.5 Å². The van der Waals surface area contributed by atoms with Crippen LogP contribution in [0, 0.1) is 0 Å². The van der Waals surface area contributed by atoms with Gasteiger partial charge in [0, 0.05) is 5.38 Å². The van der Waals surface area contributed by atoms with E-state index in [4.69, 9.17) is 5.73 Å². The number of nitrogen functional groups attached to an aromatic ring is 1. The fourth-order valence-electron chi connectivity index (χ4n) is 1.36. The summed E-state index contributed by atoms with van der Waals surface area (Å²) < 4.78 is 0. The second-order valence-corrected chi connectivity index (χ2v) is 4.31. The molecule has 2 aromatic rings. The number of nitrogens with one attached hydrogen (secondary N) is 1. The smallest absolute Gasteiger partial charge is 0.423 e. The lowest BCUT2D eigenvalue weighted by Crippen LogP contribution is -2.32. The first-order valence-corrected chi connectivity index (χ1v) is 6.00. The topological polar surface area (TPSA) is 104 Å². The molecule has 0 amide bonds. The van der Waals surface area contributed by atoms with E-state index in [1.54, 1.807) is 29.6 Å². The molecule has 8 heteroatoms. The summed E-state index contributed by atoms with van der Waals surface area (Å²) in [7, 11) is -1.52. The van der Waals surface area contributed by atoms with Gasteiger partial charge in [-0.25, -0.2) is 4.98 Å². The first-order chi connectivity index (χ1) is 8.66. The lowest BCUT2D eigenvalue weighted by Gasteiger charge is -2.03. The Morgan fingerprint density at radius 3 is 2.83 bits per heavy atom. The summed E-state index contributed by atoms with van der Waals surface area (Å²) in [6, 6.07) is 6.86. The van der Waals surface area contributed by atoms with Gasteiger partial charge in [0.25, 0.3) is 0 Å². The Labute approximate surface area is 108 Å². The van der Waals surface area contributed by atoms with Crippen LogP contribution in [0.2, 0.25) is 0 Å². The van der Waals surface area contributed by atoms with Crippen LogP contribution in [-0.2, 0) is 0 Å². The maximum Gasteiger partial charge on any atom is 0.489 e. The first kappa shape index (κ1) is 12.6. The van der Waals surface area contributed by atoms with E-state index in [1.807, 2.05) is 0 Å². The lowest BCUT2D eigenvalue weighted by atomic mass is 9.77. The molecule has 5 N–H and O–H groups in total. The normalized spacial score (nSPS) is 10.8. The van der Waals surface area contributed by atoms with Crippen molar-refractivity contribution in [2.24, 2.45) is 5.10 Å². The number of thiazole rings is 1. The Morgan fingerprint density at radius 1 is 1.39 bits per heavy atom. The number of anilines is 2. The van der Waals surface area contributed by atoms with Crippen molar-refractivity contribution >= 4 is 41.1 Å². The van der Waals surface area contributed by atoms with Crippen molar-refractivity contribution in [1.29, 1.82) is 0 Å². The molecule has 0 spiro atoms. The predicted molar refractivity (Wildman–Crippen MR) is 74.0 cm³/mol. The first-order valence-electron chi connectivity index (χ1n) is 5.12. The van der Waals surface area contributed by atoms with Crippen LogP contribution < -0.4 is 16.6 Å². The maximum atomic E-state index is 9.17. The van der Waals surface area contributed by atoms with Crippen molar-refractivity contribution in [2.45, 2.75) is 0 Å². The molecular weight excluding hydrogens is 251 g/mol. The molecular formula is C10H11BN4O2S. The van der Waals surface area contributed by atoms with Gasteiger partial charge in [-0.15, -0.1) is 11.3 Å². The number of rotatable bonds is 4. The Hall–Kier alpha value is -1.90. The average Bonchev–Trinajstić information content (AvgIpc) is 2.75. The van der Waals surface area contributed by atoms with E-state index in [9.17, 15) is 10.0 Å². The van der Waals surface area contributed by atoms with Crippen molar-refractivity contribution in [1.82, 2.24) is 4.98 Å². The Kier molecular flexibility index (Phi) is 3.93. The second kappa shape index (κ2) is 5.63. The number of nitrogens with two attached hydrogens (primary N) is 1. The van der Waals surface area contributed by atoms with Gasteiger partial charge in [0.1, 0.15) is 5.82 Å². The summed E-state index contributed by atoms with van der Waals surface area (Å²) in [5.41, 5.74) is 9.19. The van der Waals surface area contributed by atoms with Gasteiger partial charge in [-0.1, -0.05) is 24.3 Å². The number of benzene rings is 1. The Balaban J connectivity index is 2.09. The molecule has 0 fully saturated rings. The fraction of sp³-hybridized carbons (Fsp3) is 0. The number of hydrazone groups is 1. The molecule has 0 unspecified atom stereocenters. The molecule has 2 rings (SSSR count). The molecule has 0 bridgehead atoms. The summed E-state index contributed by atoms with van der Waals surface area (Å²) in [6.07, 6.45) is 1.49. The third-order valence-corrected chi connectivity index (χ3v) is 2.93. The van der Waals surface area contributed by atoms with Crippen molar-refractivity contribution in [3.05, 3.63) is 35.2 Å². The van der Waals surface area contributed by atoms with Gasteiger partial charge in [-0.2, -0.15) is 5.10 Å². The number of nitrogens with zero attached hydrogens (tertiary/aromatic N) is 2. The van der Waals surface area contributed by atoms with Gasteiger partial charge in [-0.3, -0.25) is 5.43 Å². The van der Waals surface area contributed by atoms with Crippen LogP contribution in [0.1, 0.15) is 5.56 Å². The molecule has 6 nitrogen and oxygen atoms in total. The highest BCUT2D eigenvalue weighted by atomic mass is 32.1. The van der Waals surface area contributed by atoms with E-state index >= 15 is 0 Å². The minimum atomic E-state index is -1.52. The SMILES string of the molecule is Nc1csc(NN=Cc2ccccc2B(O)O)n1. The highest BCUT2D eigenvalue weighted by molar-refractivity contribution is 7.14. The van der Waals surface area contributed by atoms with Crippen LogP contribution in [-0.4, -0.2) is 28.4 Å². The highest BCUT2D eigenvalue weighted by Gasteiger charge is 2.13. The molecule has 92 valence electrons. The molecule has 0 saturated heterocycles. The zero-order valence-electron chi connectivity index (χ0n) is 9.32. The third kappa shape index (κ3) is 3.07. The molecule has 0 aliphatic rings. The van der Waals surface area contributed by atoms with Crippen LogP contribution in [0.15, 0.2) is 34.7 Å². The summed E-state index contributed by atoms with van der Waals surface area (Å²) in [6.45, 7) is 0. The minimum absolute atomic E-state index is 0.390. The maximum absolute atomic E-state index is 9.17. The van der Waals surface area contributed by atoms with Crippen molar-refractivity contribution in [3.8, 4) is 0 Å². The average molecular weight is 262 g/mol. The molecule has 1 heterocycles. The third-order valence-electron chi connectivity index (χ3n) is 2.16. The highest BCUT2D eigenvalue weighted by Crippen LogP contribution is 2.15. The van der Waals surface area contributed by atoms with Gasteiger partial charge in [0.2, 0.25) is 5.13 Å². The van der Waals surface area contributed by atoms with Crippen molar-refractivity contribution in [3.63, 3.8) is 0 Å². The minimum Gasteiger partial charge on any atom is -0.423 e. The predicted octanol–water partition coefficient (Wildman–Crippen LogP) is -0.149. The van der Waals surface area contributed by atoms with Crippen LogP contribution in [0.5, 0.6) is 0 Å². The number of aromatic nitrogens is 1. The molecule has 0 saturated carbocycles. The monoisotopic (exact) mass is 262 g/mol. The summed E-state index contributed by atoms with van der Waals surface area (Å²) in [5.74, 6) is 0.434. The number of hydrogen-bond donors (Lipinski definition) is 4. The Bertz CT molecular complexity index is 558. The fourth-order valence-corrected chi connectivity index (χ4v) is 1.91. The van der Waals surface area contributed by atoms with Crippen LogP contribution in [0.3, 0.4) is 0 Å². The van der Waals surface area contributed by atoms with Gasteiger partial charge < -0.3 is 15.8 Å². The van der Waals surface area contributed by atoms with Crippen molar-refractivity contribution in [2.75, 3.05) is 11.2 Å². The van der Waals surface area contributed by atoms with Gasteiger partial charge in [0.15, 0.2) is 0 Å².